The smallest absolute Gasteiger partial charge is 0.200 e. The second-order valence-electron chi connectivity index (χ2n) is 4.98. The molecule has 100 valence electrons. The van der Waals surface area contributed by atoms with Crippen LogP contribution >= 0.6 is 0 Å². The van der Waals surface area contributed by atoms with Crippen LogP contribution in [0.25, 0.3) is 11.0 Å². The highest BCUT2D eigenvalue weighted by Gasteiger charge is 2.34. The monoisotopic (exact) mass is 283 g/mol. The fourth-order valence-corrected chi connectivity index (χ4v) is 4.16. The number of benzene rings is 1. The minimum absolute atomic E-state index is 0.0954. The fourth-order valence-electron chi connectivity index (χ4n) is 2.69. The second kappa shape index (κ2) is 4.24. The molecule has 0 N–H and O–H groups in total. The van der Waals surface area contributed by atoms with Gasteiger partial charge >= 0.3 is 0 Å². The maximum Gasteiger partial charge on any atom is 0.200 e. The highest BCUT2D eigenvalue weighted by molar-refractivity contribution is 7.85. The zero-order chi connectivity index (χ0) is 13.7. The zero-order valence-corrected chi connectivity index (χ0v) is 11.8. The lowest BCUT2D eigenvalue weighted by molar-refractivity contribution is 0.665. The number of hydrogen-bond donors (Lipinski definition) is 0. The summed E-state index contributed by atoms with van der Waals surface area (Å²) in [6, 6.07) is 13.8. The molecule has 0 aliphatic carbocycles. The van der Waals surface area contributed by atoms with Gasteiger partial charge in [0.25, 0.3) is 0 Å². The molecule has 0 bridgehead atoms. The third-order valence-electron chi connectivity index (χ3n) is 3.65. The second-order valence-corrected chi connectivity index (χ2v) is 6.51. The van der Waals surface area contributed by atoms with Crippen LogP contribution in [-0.2, 0) is 17.3 Å². The number of imidazole rings is 1. The lowest BCUT2D eigenvalue weighted by Gasteiger charge is -2.08. The van der Waals surface area contributed by atoms with E-state index in [1.165, 1.54) is 0 Å². The Labute approximate surface area is 118 Å². The molecule has 1 aromatic carbocycles. The zero-order valence-electron chi connectivity index (χ0n) is 11.0. The quantitative estimate of drug-likeness (QED) is 0.689. The van der Waals surface area contributed by atoms with Crippen molar-refractivity contribution in [1.29, 1.82) is 0 Å². The first-order valence-corrected chi connectivity index (χ1v) is 7.75. The van der Waals surface area contributed by atoms with Gasteiger partial charge < -0.3 is 4.57 Å². The summed E-state index contributed by atoms with van der Waals surface area (Å²) >= 11 is 0. The molecule has 0 saturated carbocycles. The van der Waals surface area contributed by atoms with Crippen molar-refractivity contribution in [3.63, 3.8) is 0 Å². The van der Waals surface area contributed by atoms with Crippen molar-refractivity contribution in [1.82, 2.24) is 14.5 Å². The van der Waals surface area contributed by atoms with Gasteiger partial charge in [-0.15, -0.1) is 0 Å². The van der Waals surface area contributed by atoms with Crippen LogP contribution in [0.3, 0.4) is 0 Å². The molecule has 4 nitrogen and oxygen atoms in total. The summed E-state index contributed by atoms with van der Waals surface area (Å²) < 4.78 is 14.7. The molecule has 0 fully saturated rings. The van der Waals surface area contributed by atoms with Gasteiger partial charge in [-0.25, -0.2) is 4.98 Å². The van der Waals surface area contributed by atoms with Crippen LogP contribution in [0.5, 0.6) is 0 Å². The van der Waals surface area contributed by atoms with E-state index in [4.69, 9.17) is 0 Å². The summed E-state index contributed by atoms with van der Waals surface area (Å²) in [5.74, 6) is 0. The van der Waals surface area contributed by atoms with Crippen LogP contribution in [0, 0.1) is 6.92 Å². The third kappa shape index (κ3) is 1.63. The van der Waals surface area contributed by atoms with Crippen molar-refractivity contribution in [2.45, 2.75) is 23.9 Å². The third-order valence-corrected chi connectivity index (χ3v) is 5.22. The van der Waals surface area contributed by atoms with E-state index in [1.54, 1.807) is 0 Å². The van der Waals surface area contributed by atoms with E-state index >= 15 is 0 Å². The Kier molecular flexibility index (Phi) is 2.50. The number of nitrogens with zero attached hydrogens (tertiary/aromatic N) is 3. The van der Waals surface area contributed by atoms with E-state index in [9.17, 15) is 4.21 Å². The summed E-state index contributed by atoms with van der Waals surface area (Å²) in [6.07, 6.45) is 0. The molecular weight excluding hydrogens is 270 g/mol. The van der Waals surface area contributed by atoms with E-state index in [0.717, 1.165) is 22.4 Å². The number of fused-ring (bicyclic) bond motifs is 3. The lowest BCUT2D eigenvalue weighted by Crippen LogP contribution is -2.06. The molecule has 3 heterocycles. The Morgan fingerprint density at radius 3 is 2.85 bits per heavy atom. The average Bonchev–Trinajstić information content (AvgIpc) is 2.97. The molecule has 0 amide bonds. The van der Waals surface area contributed by atoms with E-state index in [0.29, 0.717) is 11.7 Å². The molecule has 2 aromatic heterocycles. The molecule has 0 spiro atoms. The van der Waals surface area contributed by atoms with E-state index in [2.05, 4.69) is 14.5 Å². The SMILES string of the molecule is Cc1cccc(C2Cn3c(nc4ccccc43)S2=O)n1. The molecule has 5 heteroatoms. The number of rotatable bonds is 1. The summed E-state index contributed by atoms with van der Waals surface area (Å²) in [7, 11) is -1.14. The molecule has 0 saturated heterocycles. The summed E-state index contributed by atoms with van der Waals surface area (Å²) in [6.45, 7) is 2.63. The first kappa shape index (κ1) is 11.8. The lowest BCUT2D eigenvalue weighted by atomic mass is 10.2. The molecular formula is C15H13N3OS. The van der Waals surface area contributed by atoms with Crippen LogP contribution < -0.4 is 0 Å². The largest absolute Gasteiger partial charge is 0.315 e. The van der Waals surface area contributed by atoms with Crippen LogP contribution in [0.2, 0.25) is 0 Å². The molecule has 1 aliphatic rings. The normalized spacial score (nSPS) is 21.2. The molecule has 1 aliphatic heterocycles. The minimum Gasteiger partial charge on any atom is -0.315 e. The van der Waals surface area contributed by atoms with Crippen LogP contribution in [0.4, 0.5) is 0 Å². The standard InChI is InChI=1S/C15H13N3OS/c1-10-5-4-7-12(16-10)14-9-18-13-8-3-2-6-11(13)17-15(18)20(14)19/h2-8,14H,9H2,1H3. The van der Waals surface area contributed by atoms with Gasteiger partial charge in [0.15, 0.2) is 0 Å². The maximum absolute atomic E-state index is 12.7. The molecule has 0 radical (unpaired) electrons. The fraction of sp³-hybridized carbons (Fsp3) is 0.200. The molecule has 4 rings (SSSR count). The van der Waals surface area contributed by atoms with Crippen molar-refractivity contribution >= 4 is 21.8 Å². The van der Waals surface area contributed by atoms with Crippen molar-refractivity contribution in [3.8, 4) is 0 Å². The first-order chi connectivity index (χ1) is 9.74. The number of pyridine rings is 1. The van der Waals surface area contributed by atoms with Crippen molar-refractivity contribution in [3.05, 3.63) is 53.9 Å². The van der Waals surface area contributed by atoms with Gasteiger partial charge in [0.1, 0.15) is 16.0 Å². The van der Waals surface area contributed by atoms with Gasteiger partial charge in [-0.1, -0.05) is 18.2 Å². The predicted molar refractivity (Wildman–Crippen MR) is 77.9 cm³/mol. The Hall–Kier alpha value is -2.01. The van der Waals surface area contributed by atoms with E-state index in [-0.39, 0.29) is 5.25 Å². The summed E-state index contributed by atoms with van der Waals surface area (Å²) in [4.78, 5) is 9.02. The number of hydrogen-bond acceptors (Lipinski definition) is 3. The first-order valence-electron chi connectivity index (χ1n) is 6.53. The summed E-state index contributed by atoms with van der Waals surface area (Å²) in [5.41, 5.74) is 3.80. The number of para-hydroxylation sites is 2. The molecule has 2 unspecified atom stereocenters. The number of aromatic nitrogens is 3. The van der Waals surface area contributed by atoms with E-state index in [1.807, 2.05) is 49.4 Å². The van der Waals surface area contributed by atoms with Gasteiger partial charge in [-0.3, -0.25) is 9.19 Å². The topological polar surface area (TPSA) is 47.8 Å². The molecule has 2 atom stereocenters. The van der Waals surface area contributed by atoms with Gasteiger partial charge in [0.2, 0.25) is 5.16 Å². The Bertz CT molecular complexity index is 840. The van der Waals surface area contributed by atoms with Gasteiger partial charge in [-0.2, -0.15) is 0 Å². The Balaban J connectivity index is 1.83. The van der Waals surface area contributed by atoms with Crippen LogP contribution in [0.1, 0.15) is 16.6 Å². The highest BCUT2D eigenvalue weighted by atomic mass is 32.2. The van der Waals surface area contributed by atoms with Gasteiger partial charge in [-0.05, 0) is 31.2 Å². The number of aryl methyl sites for hydroxylation is 1. The highest BCUT2D eigenvalue weighted by Crippen LogP contribution is 2.35. The van der Waals surface area contributed by atoms with Crippen LogP contribution in [-0.4, -0.2) is 18.7 Å². The Morgan fingerprint density at radius 1 is 1.15 bits per heavy atom. The van der Waals surface area contributed by atoms with Gasteiger partial charge in [0, 0.05) is 12.2 Å². The van der Waals surface area contributed by atoms with E-state index < -0.39 is 10.8 Å². The maximum atomic E-state index is 12.7. The molecule has 20 heavy (non-hydrogen) atoms. The van der Waals surface area contributed by atoms with Crippen molar-refractivity contribution in [2.75, 3.05) is 0 Å². The van der Waals surface area contributed by atoms with Crippen LogP contribution in [0.15, 0.2) is 47.6 Å². The summed E-state index contributed by atoms with van der Waals surface area (Å²) in [5, 5.41) is 0.571. The Morgan fingerprint density at radius 2 is 2.00 bits per heavy atom. The van der Waals surface area contributed by atoms with Crippen molar-refractivity contribution < 1.29 is 4.21 Å². The minimum atomic E-state index is -1.14. The molecule has 3 aromatic rings. The van der Waals surface area contributed by atoms with Crippen molar-refractivity contribution in [2.24, 2.45) is 0 Å². The predicted octanol–water partition coefficient (Wildman–Crippen LogP) is 2.60. The van der Waals surface area contributed by atoms with Gasteiger partial charge in [0.05, 0.1) is 16.7 Å². The average molecular weight is 283 g/mol.